The molecule has 2 aromatic carbocycles. The number of carbonyl (C=O) groups excluding carboxylic acids is 1. The topological polar surface area (TPSA) is 38.3 Å². The van der Waals surface area contributed by atoms with Gasteiger partial charge in [-0.1, -0.05) is 43.3 Å². The molecule has 0 spiro atoms. The highest BCUT2D eigenvalue weighted by atomic mass is 19.1. The van der Waals surface area contributed by atoms with Gasteiger partial charge in [-0.25, -0.2) is 4.39 Å². The average molecular weight is 327 g/mol. The third kappa shape index (κ3) is 3.58. The molecular weight excluding hydrogens is 305 g/mol. The second kappa shape index (κ2) is 7.47. The molecule has 1 aliphatic rings. The van der Waals surface area contributed by atoms with E-state index in [1.807, 2.05) is 19.1 Å². The summed E-state index contributed by atoms with van der Waals surface area (Å²) in [6.45, 7) is 1.86. The molecule has 0 saturated heterocycles. The van der Waals surface area contributed by atoms with Crippen molar-refractivity contribution in [2.45, 2.75) is 44.8 Å². The van der Waals surface area contributed by atoms with E-state index in [4.69, 9.17) is 4.74 Å². The number of halogens is 1. The number of benzene rings is 2. The maximum Gasteiger partial charge on any atom is 0.261 e. The molecule has 126 valence electrons. The highest BCUT2D eigenvalue weighted by Gasteiger charge is 2.26. The van der Waals surface area contributed by atoms with E-state index in [1.165, 1.54) is 17.2 Å². The van der Waals surface area contributed by atoms with Crippen LogP contribution >= 0.6 is 0 Å². The van der Waals surface area contributed by atoms with Crippen LogP contribution in [0.5, 0.6) is 5.75 Å². The number of aryl methyl sites for hydroxylation is 1. The third-order valence-corrected chi connectivity index (χ3v) is 4.46. The summed E-state index contributed by atoms with van der Waals surface area (Å²) in [5.41, 5.74) is 2.47. The van der Waals surface area contributed by atoms with Crippen molar-refractivity contribution in [1.29, 1.82) is 0 Å². The number of hydrogen-bond acceptors (Lipinski definition) is 2. The molecule has 0 bridgehead atoms. The molecule has 0 saturated carbocycles. The number of ether oxygens (including phenoxy) is 1. The quantitative estimate of drug-likeness (QED) is 0.895. The summed E-state index contributed by atoms with van der Waals surface area (Å²) in [7, 11) is 0. The molecule has 0 aromatic heterocycles. The molecule has 0 heterocycles. The second-order valence-corrected chi connectivity index (χ2v) is 6.10. The van der Waals surface area contributed by atoms with E-state index in [1.54, 1.807) is 18.2 Å². The summed E-state index contributed by atoms with van der Waals surface area (Å²) in [6.07, 6.45) is 2.79. The van der Waals surface area contributed by atoms with Crippen molar-refractivity contribution in [3.8, 4) is 5.75 Å². The Labute approximate surface area is 141 Å². The molecular formula is C20H22FNO2. The van der Waals surface area contributed by atoms with Gasteiger partial charge in [-0.3, -0.25) is 4.79 Å². The van der Waals surface area contributed by atoms with Crippen LogP contribution in [0.2, 0.25) is 0 Å². The number of amides is 1. The van der Waals surface area contributed by atoms with Crippen LogP contribution in [0.15, 0.2) is 48.5 Å². The first-order valence-electron chi connectivity index (χ1n) is 8.48. The minimum Gasteiger partial charge on any atom is -0.478 e. The highest BCUT2D eigenvalue weighted by molar-refractivity contribution is 5.81. The molecule has 0 radical (unpaired) electrons. The van der Waals surface area contributed by atoms with E-state index < -0.39 is 11.9 Å². The molecule has 0 fully saturated rings. The van der Waals surface area contributed by atoms with Crippen LogP contribution in [0.1, 0.15) is 43.4 Å². The SMILES string of the molecule is CC[C@H](Oc1ccccc1F)C(=O)N[C@@H]1CCCc2ccccc21. The Balaban J connectivity index is 1.71. The van der Waals surface area contributed by atoms with Gasteiger partial charge in [0.05, 0.1) is 6.04 Å². The molecule has 1 amide bonds. The lowest BCUT2D eigenvalue weighted by Gasteiger charge is -2.28. The first-order chi connectivity index (χ1) is 11.7. The van der Waals surface area contributed by atoms with Gasteiger partial charge in [0, 0.05) is 0 Å². The Hall–Kier alpha value is -2.36. The second-order valence-electron chi connectivity index (χ2n) is 6.10. The zero-order valence-corrected chi connectivity index (χ0v) is 13.8. The lowest BCUT2D eigenvalue weighted by atomic mass is 9.87. The van der Waals surface area contributed by atoms with E-state index in [9.17, 15) is 9.18 Å². The zero-order chi connectivity index (χ0) is 16.9. The number of para-hydroxylation sites is 1. The number of fused-ring (bicyclic) bond motifs is 1. The van der Waals surface area contributed by atoms with Crippen molar-refractivity contribution in [2.24, 2.45) is 0 Å². The van der Waals surface area contributed by atoms with E-state index in [2.05, 4.69) is 17.4 Å². The van der Waals surface area contributed by atoms with Gasteiger partial charge in [0.15, 0.2) is 17.7 Å². The van der Waals surface area contributed by atoms with Gasteiger partial charge in [0.25, 0.3) is 5.91 Å². The predicted molar refractivity (Wildman–Crippen MR) is 91.4 cm³/mol. The summed E-state index contributed by atoms with van der Waals surface area (Å²) in [5.74, 6) is -0.530. The molecule has 0 aliphatic heterocycles. The van der Waals surface area contributed by atoms with Crippen molar-refractivity contribution in [3.63, 3.8) is 0 Å². The van der Waals surface area contributed by atoms with Crippen molar-refractivity contribution < 1.29 is 13.9 Å². The van der Waals surface area contributed by atoms with Gasteiger partial charge in [-0.15, -0.1) is 0 Å². The monoisotopic (exact) mass is 327 g/mol. The van der Waals surface area contributed by atoms with Crippen LogP contribution < -0.4 is 10.1 Å². The van der Waals surface area contributed by atoms with Crippen molar-refractivity contribution in [1.82, 2.24) is 5.32 Å². The number of carbonyl (C=O) groups is 1. The van der Waals surface area contributed by atoms with Crippen molar-refractivity contribution >= 4 is 5.91 Å². The number of rotatable bonds is 5. The Bertz CT molecular complexity index is 716. The minimum atomic E-state index is -0.698. The molecule has 4 heteroatoms. The van der Waals surface area contributed by atoms with Crippen LogP contribution in [0, 0.1) is 5.82 Å². The van der Waals surface area contributed by atoms with Crippen molar-refractivity contribution in [2.75, 3.05) is 0 Å². The molecule has 3 nitrogen and oxygen atoms in total. The van der Waals surface area contributed by atoms with Gasteiger partial charge in [-0.2, -0.15) is 0 Å². The van der Waals surface area contributed by atoms with Gasteiger partial charge in [0.2, 0.25) is 0 Å². The Morgan fingerprint density at radius 2 is 2.00 bits per heavy atom. The largest absolute Gasteiger partial charge is 0.478 e. The maximum atomic E-state index is 13.7. The van der Waals surface area contributed by atoms with Gasteiger partial charge < -0.3 is 10.1 Å². The summed E-state index contributed by atoms with van der Waals surface area (Å²) in [5, 5.41) is 3.08. The van der Waals surface area contributed by atoms with E-state index >= 15 is 0 Å². The Morgan fingerprint density at radius 3 is 2.79 bits per heavy atom. The summed E-state index contributed by atoms with van der Waals surface area (Å²) < 4.78 is 19.3. The molecule has 2 aromatic rings. The van der Waals surface area contributed by atoms with Gasteiger partial charge in [0.1, 0.15) is 0 Å². The lowest BCUT2D eigenvalue weighted by Crippen LogP contribution is -2.41. The van der Waals surface area contributed by atoms with Crippen molar-refractivity contribution in [3.05, 3.63) is 65.5 Å². The first-order valence-corrected chi connectivity index (χ1v) is 8.48. The van der Waals surface area contributed by atoms with Crippen LogP contribution in [0.4, 0.5) is 4.39 Å². The Kier molecular flexibility index (Phi) is 5.14. The van der Waals surface area contributed by atoms with Crippen LogP contribution in [-0.4, -0.2) is 12.0 Å². The predicted octanol–water partition coefficient (Wildman–Crippen LogP) is 4.18. The van der Waals surface area contributed by atoms with E-state index in [0.717, 1.165) is 19.3 Å². The van der Waals surface area contributed by atoms with Gasteiger partial charge in [-0.05, 0) is 48.9 Å². The van der Waals surface area contributed by atoms with E-state index in [-0.39, 0.29) is 17.7 Å². The first kappa shape index (κ1) is 16.5. The lowest BCUT2D eigenvalue weighted by molar-refractivity contribution is -0.129. The fraction of sp³-hybridized carbons (Fsp3) is 0.350. The number of hydrogen-bond donors (Lipinski definition) is 1. The minimum absolute atomic E-state index is 0.000667. The normalized spacial score (nSPS) is 17.7. The third-order valence-electron chi connectivity index (χ3n) is 4.46. The van der Waals surface area contributed by atoms with Crippen LogP contribution in [0.25, 0.3) is 0 Å². The molecule has 1 aliphatic carbocycles. The van der Waals surface area contributed by atoms with Crippen LogP contribution in [0.3, 0.4) is 0 Å². The summed E-state index contributed by atoms with van der Waals surface area (Å²) in [4.78, 5) is 12.6. The van der Waals surface area contributed by atoms with E-state index in [0.29, 0.717) is 6.42 Å². The molecule has 0 unspecified atom stereocenters. The average Bonchev–Trinajstić information content (AvgIpc) is 2.61. The summed E-state index contributed by atoms with van der Waals surface area (Å²) >= 11 is 0. The number of nitrogens with one attached hydrogen (secondary N) is 1. The standard InChI is InChI=1S/C20H22FNO2/c1-2-18(24-19-13-6-5-11-16(19)21)20(23)22-17-12-7-9-14-8-3-4-10-15(14)17/h3-6,8,10-11,13,17-18H,2,7,9,12H2,1H3,(H,22,23)/t17-,18+/m1/s1. The maximum absolute atomic E-state index is 13.7. The highest BCUT2D eigenvalue weighted by Crippen LogP contribution is 2.29. The smallest absolute Gasteiger partial charge is 0.261 e. The zero-order valence-electron chi connectivity index (χ0n) is 13.8. The van der Waals surface area contributed by atoms with Gasteiger partial charge >= 0.3 is 0 Å². The molecule has 3 rings (SSSR count). The molecule has 2 atom stereocenters. The fourth-order valence-electron chi connectivity index (χ4n) is 3.18. The van der Waals surface area contributed by atoms with Crippen LogP contribution in [-0.2, 0) is 11.2 Å². The molecule has 24 heavy (non-hydrogen) atoms. The molecule has 1 N–H and O–H groups in total. The Morgan fingerprint density at radius 1 is 1.25 bits per heavy atom. The fourth-order valence-corrected chi connectivity index (χ4v) is 3.18. The summed E-state index contributed by atoms with van der Waals surface area (Å²) in [6, 6.07) is 14.4.